The summed E-state index contributed by atoms with van der Waals surface area (Å²) in [5, 5.41) is 6.46. The zero-order valence-electron chi connectivity index (χ0n) is 10.4. The maximum atomic E-state index is 12.5. The van der Waals surface area contributed by atoms with Crippen LogP contribution in [0.25, 0.3) is 0 Å². The van der Waals surface area contributed by atoms with Gasteiger partial charge in [-0.25, -0.2) is 8.42 Å². The van der Waals surface area contributed by atoms with Crippen molar-refractivity contribution in [1.29, 1.82) is 0 Å². The summed E-state index contributed by atoms with van der Waals surface area (Å²) in [7, 11) is -3.45. The summed E-state index contributed by atoms with van der Waals surface area (Å²) >= 11 is 0. The Labute approximate surface area is 107 Å². The molecule has 2 fully saturated rings. The van der Waals surface area contributed by atoms with Crippen LogP contribution >= 0.6 is 0 Å². The predicted octanol–water partition coefficient (Wildman–Crippen LogP) is 0.220. The molecule has 1 aliphatic carbocycles. The van der Waals surface area contributed by atoms with E-state index in [1.54, 1.807) is 6.92 Å². The summed E-state index contributed by atoms with van der Waals surface area (Å²) < 4.78 is 26.5. The zero-order valence-corrected chi connectivity index (χ0v) is 11.2. The third-order valence-electron chi connectivity index (χ3n) is 4.30. The lowest BCUT2D eigenvalue weighted by atomic mass is 9.92. The number of nitrogens with two attached hydrogens (primary N) is 1. The van der Waals surface area contributed by atoms with Gasteiger partial charge in [-0.15, -0.1) is 0 Å². The van der Waals surface area contributed by atoms with Crippen molar-refractivity contribution < 1.29 is 8.42 Å². The Hall–Kier alpha value is -0.920. The molecule has 1 aromatic rings. The average Bonchev–Trinajstić information content (AvgIpc) is 2.90. The van der Waals surface area contributed by atoms with Crippen molar-refractivity contribution >= 4 is 10.0 Å². The van der Waals surface area contributed by atoms with Gasteiger partial charge in [0.1, 0.15) is 4.90 Å². The van der Waals surface area contributed by atoms with Gasteiger partial charge >= 0.3 is 0 Å². The number of aryl methyl sites for hydroxylation is 1. The summed E-state index contributed by atoms with van der Waals surface area (Å²) in [6, 6.07) is 0. The van der Waals surface area contributed by atoms with Crippen molar-refractivity contribution in [3.8, 4) is 0 Å². The molecule has 7 heteroatoms. The van der Waals surface area contributed by atoms with Crippen LogP contribution in [0.5, 0.6) is 0 Å². The van der Waals surface area contributed by atoms with Gasteiger partial charge in [0, 0.05) is 18.6 Å². The number of hydrogen-bond donors (Lipinski definition) is 2. The first-order valence-corrected chi connectivity index (χ1v) is 7.66. The van der Waals surface area contributed by atoms with Gasteiger partial charge in [-0.1, -0.05) is 6.42 Å². The number of nitrogens with zero attached hydrogens (tertiary/aromatic N) is 2. The van der Waals surface area contributed by atoms with Crippen molar-refractivity contribution in [3.63, 3.8) is 0 Å². The van der Waals surface area contributed by atoms with Crippen LogP contribution in [0.15, 0.2) is 11.1 Å². The fourth-order valence-corrected chi connectivity index (χ4v) is 4.89. The number of rotatable bonds is 2. The number of aromatic amines is 1. The molecule has 1 aliphatic heterocycles. The second kappa shape index (κ2) is 3.79. The van der Waals surface area contributed by atoms with Gasteiger partial charge in [0.2, 0.25) is 10.0 Å². The highest BCUT2D eigenvalue weighted by Crippen LogP contribution is 2.41. The van der Waals surface area contributed by atoms with E-state index in [9.17, 15) is 8.42 Å². The molecule has 0 amide bonds. The van der Waals surface area contributed by atoms with E-state index >= 15 is 0 Å². The molecular formula is C11H18N4O2S. The van der Waals surface area contributed by atoms with Gasteiger partial charge in [0.05, 0.1) is 11.9 Å². The lowest BCUT2D eigenvalue weighted by Gasteiger charge is -2.22. The highest BCUT2D eigenvalue weighted by atomic mass is 32.2. The van der Waals surface area contributed by atoms with Crippen LogP contribution in [0, 0.1) is 12.8 Å². The van der Waals surface area contributed by atoms with Crippen molar-refractivity contribution in [2.45, 2.75) is 36.6 Å². The fourth-order valence-electron chi connectivity index (χ4n) is 3.21. The van der Waals surface area contributed by atoms with Crippen molar-refractivity contribution in [2.75, 3.05) is 13.1 Å². The SMILES string of the molecule is Cc1[nH]ncc1S(=O)(=O)N1CC2CCCC2(N)C1. The Balaban J connectivity index is 1.91. The molecule has 3 rings (SSSR count). The highest BCUT2D eigenvalue weighted by molar-refractivity contribution is 7.89. The van der Waals surface area contributed by atoms with Crippen LogP contribution in [0.2, 0.25) is 0 Å². The number of nitrogens with one attached hydrogen (secondary N) is 1. The summed E-state index contributed by atoms with van der Waals surface area (Å²) in [6.45, 7) is 2.70. The van der Waals surface area contributed by atoms with Crippen molar-refractivity contribution in [2.24, 2.45) is 11.7 Å². The number of aromatic nitrogens is 2. The summed E-state index contributed by atoms with van der Waals surface area (Å²) in [5.74, 6) is 0.305. The van der Waals surface area contributed by atoms with E-state index in [1.165, 1.54) is 10.5 Å². The molecular weight excluding hydrogens is 252 g/mol. The van der Waals surface area contributed by atoms with Crippen LogP contribution in [0.1, 0.15) is 25.0 Å². The Bertz CT molecular complexity index is 567. The lowest BCUT2D eigenvalue weighted by molar-refractivity contribution is 0.394. The van der Waals surface area contributed by atoms with Gasteiger partial charge < -0.3 is 5.73 Å². The zero-order chi connectivity index (χ0) is 13.0. The second-order valence-electron chi connectivity index (χ2n) is 5.48. The van der Waals surface area contributed by atoms with Crippen LogP contribution in [0.4, 0.5) is 0 Å². The summed E-state index contributed by atoms with van der Waals surface area (Å²) in [4.78, 5) is 0.270. The maximum absolute atomic E-state index is 12.5. The molecule has 0 aromatic carbocycles. The number of sulfonamides is 1. The van der Waals surface area contributed by atoms with Crippen LogP contribution in [-0.2, 0) is 10.0 Å². The summed E-state index contributed by atoms with van der Waals surface area (Å²) in [5.41, 5.74) is 6.58. The van der Waals surface area contributed by atoms with Crippen LogP contribution in [0.3, 0.4) is 0 Å². The van der Waals surface area contributed by atoms with E-state index in [1.807, 2.05) is 0 Å². The Morgan fingerprint density at radius 3 is 3.00 bits per heavy atom. The quantitative estimate of drug-likeness (QED) is 0.804. The van der Waals surface area contributed by atoms with Crippen molar-refractivity contribution in [3.05, 3.63) is 11.9 Å². The van der Waals surface area contributed by atoms with Gasteiger partial charge in [-0.2, -0.15) is 9.40 Å². The first kappa shape index (κ1) is 12.1. The van der Waals surface area contributed by atoms with E-state index < -0.39 is 10.0 Å². The Kier molecular flexibility index (Phi) is 2.55. The molecule has 2 unspecified atom stereocenters. The molecule has 2 heterocycles. The number of H-pyrrole nitrogens is 1. The third-order valence-corrected chi connectivity index (χ3v) is 6.23. The molecule has 0 radical (unpaired) electrons. The van der Waals surface area contributed by atoms with Gasteiger partial charge in [-0.05, 0) is 25.7 Å². The minimum Gasteiger partial charge on any atom is -0.324 e. The molecule has 1 aromatic heterocycles. The Morgan fingerprint density at radius 1 is 1.61 bits per heavy atom. The second-order valence-corrected chi connectivity index (χ2v) is 7.39. The number of fused-ring (bicyclic) bond motifs is 1. The van der Waals surface area contributed by atoms with Gasteiger partial charge in [0.15, 0.2) is 0 Å². The van der Waals surface area contributed by atoms with Crippen LogP contribution < -0.4 is 5.73 Å². The molecule has 1 saturated carbocycles. The van der Waals surface area contributed by atoms with Gasteiger partial charge in [0.25, 0.3) is 0 Å². The van der Waals surface area contributed by atoms with Gasteiger partial charge in [-0.3, -0.25) is 5.10 Å². The largest absolute Gasteiger partial charge is 0.324 e. The molecule has 0 spiro atoms. The van der Waals surface area contributed by atoms with Crippen LogP contribution in [-0.4, -0.2) is 41.5 Å². The van der Waals surface area contributed by atoms with Crippen molar-refractivity contribution in [1.82, 2.24) is 14.5 Å². The smallest absolute Gasteiger partial charge is 0.246 e. The van der Waals surface area contributed by atoms with E-state index in [4.69, 9.17) is 5.73 Å². The minimum absolute atomic E-state index is 0.270. The fraction of sp³-hybridized carbons (Fsp3) is 0.727. The molecule has 6 nitrogen and oxygen atoms in total. The monoisotopic (exact) mass is 270 g/mol. The molecule has 100 valence electrons. The first-order chi connectivity index (χ1) is 8.43. The van der Waals surface area contributed by atoms with E-state index in [0.717, 1.165) is 19.3 Å². The molecule has 3 N–H and O–H groups in total. The molecule has 2 aliphatic rings. The maximum Gasteiger partial charge on any atom is 0.246 e. The first-order valence-electron chi connectivity index (χ1n) is 6.22. The average molecular weight is 270 g/mol. The normalized spacial score (nSPS) is 32.9. The van der Waals surface area contributed by atoms with E-state index in [0.29, 0.717) is 24.7 Å². The molecule has 0 bridgehead atoms. The van der Waals surface area contributed by atoms with E-state index in [2.05, 4.69) is 10.2 Å². The standard InChI is InChI=1S/C11H18N4O2S/c1-8-10(5-13-14-8)18(16,17)15-6-9-3-2-4-11(9,12)7-15/h5,9H,2-4,6-7,12H2,1H3,(H,13,14). The summed E-state index contributed by atoms with van der Waals surface area (Å²) in [6.07, 6.45) is 4.45. The lowest BCUT2D eigenvalue weighted by Crippen LogP contribution is -2.44. The number of hydrogen-bond acceptors (Lipinski definition) is 4. The molecule has 1 saturated heterocycles. The minimum atomic E-state index is -3.45. The predicted molar refractivity (Wildman–Crippen MR) is 66.3 cm³/mol. The third kappa shape index (κ3) is 1.61. The van der Waals surface area contributed by atoms with E-state index in [-0.39, 0.29) is 10.4 Å². The highest BCUT2D eigenvalue weighted by Gasteiger charge is 2.50. The molecule has 18 heavy (non-hydrogen) atoms. The topological polar surface area (TPSA) is 92.1 Å². The Morgan fingerprint density at radius 2 is 2.39 bits per heavy atom. The molecule has 2 atom stereocenters.